The summed E-state index contributed by atoms with van der Waals surface area (Å²) >= 11 is 0. The van der Waals surface area contributed by atoms with Gasteiger partial charge in [-0.2, -0.15) is 0 Å². The number of rotatable bonds is 4. The monoisotopic (exact) mass is 285 g/mol. The first-order valence-electron chi connectivity index (χ1n) is 7.98. The van der Waals surface area contributed by atoms with Gasteiger partial charge in [0, 0.05) is 23.1 Å². The molecule has 0 saturated heterocycles. The summed E-state index contributed by atoms with van der Waals surface area (Å²) in [6.07, 6.45) is 7.24. The van der Waals surface area contributed by atoms with Crippen LogP contribution in [0.1, 0.15) is 54.2 Å². The molecule has 0 unspecified atom stereocenters. The number of hydrogen-bond acceptors (Lipinski definition) is 2. The zero-order valence-electron chi connectivity index (χ0n) is 12.9. The molecule has 0 atom stereocenters. The summed E-state index contributed by atoms with van der Waals surface area (Å²) in [4.78, 5) is 11.8. The molecule has 1 aromatic carbocycles. The Bertz CT molecular complexity index is 669. The number of methoxy groups -OCH3 is 1. The number of hydrogen-bond donors (Lipinski definition) is 0. The first kappa shape index (κ1) is 14.2. The predicted molar refractivity (Wildman–Crippen MR) is 84.8 cm³/mol. The van der Waals surface area contributed by atoms with Crippen molar-refractivity contribution in [3.05, 3.63) is 35.0 Å². The van der Waals surface area contributed by atoms with Crippen LogP contribution in [-0.2, 0) is 24.1 Å². The van der Waals surface area contributed by atoms with Gasteiger partial charge in [0.15, 0.2) is 0 Å². The van der Waals surface area contributed by atoms with Gasteiger partial charge < -0.3 is 9.30 Å². The number of carbonyl (C=O) groups excluding carboxylic acids is 1. The number of aromatic nitrogens is 1. The highest BCUT2D eigenvalue weighted by atomic mass is 16.5. The summed E-state index contributed by atoms with van der Waals surface area (Å²) in [6, 6.07) is 6.01. The first-order valence-corrected chi connectivity index (χ1v) is 7.98. The molecule has 0 spiro atoms. The third-order valence-corrected chi connectivity index (χ3v) is 4.53. The summed E-state index contributed by atoms with van der Waals surface area (Å²) in [5, 5.41) is 1.25. The molecule has 0 aliphatic heterocycles. The van der Waals surface area contributed by atoms with Crippen LogP contribution in [0.3, 0.4) is 0 Å². The normalized spacial score (nSPS) is 14.2. The van der Waals surface area contributed by atoms with E-state index in [4.69, 9.17) is 4.74 Å². The second-order valence-electron chi connectivity index (χ2n) is 5.86. The van der Waals surface area contributed by atoms with Crippen molar-refractivity contribution in [2.45, 2.75) is 52.0 Å². The highest BCUT2D eigenvalue weighted by Gasteiger charge is 2.20. The van der Waals surface area contributed by atoms with E-state index in [1.807, 2.05) is 12.1 Å². The van der Waals surface area contributed by atoms with Crippen LogP contribution >= 0.6 is 0 Å². The van der Waals surface area contributed by atoms with E-state index in [0.717, 1.165) is 13.0 Å². The number of carbonyl (C=O) groups is 1. The number of unbranched alkanes of at least 4 members (excludes halogenated alkanes) is 1. The Morgan fingerprint density at radius 3 is 2.86 bits per heavy atom. The topological polar surface area (TPSA) is 31.2 Å². The summed E-state index contributed by atoms with van der Waals surface area (Å²) < 4.78 is 7.34. The molecule has 1 heterocycles. The number of fused-ring (bicyclic) bond motifs is 3. The number of nitrogens with zero attached hydrogens (tertiary/aromatic N) is 1. The second-order valence-corrected chi connectivity index (χ2v) is 5.86. The van der Waals surface area contributed by atoms with Gasteiger partial charge in [-0.1, -0.05) is 13.3 Å². The van der Waals surface area contributed by atoms with E-state index in [9.17, 15) is 4.79 Å². The van der Waals surface area contributed by atoms with Crippen molar-refractivity contribution in [1.29, 1.82) is 0 Å². The van der Waals surface area contributed by atoms with Gasteiger partial charge >= 0.3 is 5.97 Å². The van der Waals surface area contributed by atoms with Gasteiger partial charge in [0.05, 0.1) is 12.7 Å². The van der Waals surface area contributed by atoms with Gasteiger partial charge in [-0.15, -0.1) is 0 Å². The fraction of sp³-hybridized carbons (Fsp3) is 0.500. The summed E-state index contributed by atoms with van der Waals surface area (Å²) in [5.41, 5.74) is 4.89. The molecular formula is C18H23NO2. The van der Waals surface area contributed by atoms with Crippen LogP contribution in [0.4, 0.5) is 0 Å². The molecule has 21 heavy (non-hydrogen) atoms. The van der Waals surface area contributed by atoms with Gasteiger partial charge in [-0.3, -0.25) is 0 Å². The molecule has 3 heteroatoms. The minimum atomic E-state index is -0.247. The Morgan fingerprint density at radius 1 is 1.29 bits per heavy atom. The molecule has 2 aromatic rings. The van der Waals surface area contributed by atoms with Crippen LogP contribution in [0, 0.1) is 0 Å². The molecule has 3 rings (SSSR count). The zero-order valence-corrected chi connectivity index (χ0v) is 12.9. The molecule has 1 aliphatic carbocycles. The lowest BCUT2D eigenvalue weighted by Crippen LogP contribution is -2.08. The number of ether oxygens (including phenoxy) is 1. The third-order valence-electron chi connectivity index (χ3n) is 4.53. The van der Waals surface area contributed by atoms with Crippen molar-refractivity contribution >= 4 is 16.9 Å². The van der Waals surface area contributed by atoms with Gasteiger partial charge in [0.25, 0.3) is 0 Å². The lowest BCUT2D eigenvalue weighted by molar-refractivity contribution is 0.0601. The number of benzene rings is 1. The smallest absolute Gasteiger partial charge is 0.337 e. The third kappa shape index (κ3) is 2.45. The van der Waals surface area contributed by atoms with Crippen molar-refractivity contribution in [3.63, 3.8) is 0 Å². The number of aryl methyl sites for hydroxylation is 2. The lowest BCUT2D eigenvalue weighted by Gasteiger charge is -2.15. The van der Waals surface area contributed by atoms with Gasteiger partial charge in [0.1, 0.15) is 0 Å². The van der Waals surface area contributed by atoms with Crippen molar-refractivity contribution in [2.75, 3.05) is 7.11 Å². The zero-order chi connectivity index (χ0) is 14.8. The largest absolute Gasteiger partial charge is 0.465 e. The molecule has 0 saturated carbocycles. The SMILES string of the molecule is CCCCn1c2c(c3cc(C(=O)OC)ccc31)CCCC2. The molecule has 0 amide bonds. The standard InChI is InChI=1S/C18H23NO2/c1-3-4-11-19-16-8-6-5-7-14(16)15-12-13(18(20)21-2)9-10-17(15)19/h9-10,12H,3-8,11H2,1-2H3. The molecular weight excluding hydrogens is 262 g/mol. The van der Waals surface area contributed by atoms with E-state index in [2.05, 4.69) is 17.6 Å². The molecule has 3 nitrogen and oxygen atoms in total. The van der Waals surface area contributed by atoms with Crippen LogP contribution < -0.4 is 0 Å². The fourth-order valence-electron chi connectivity index (χ4n) is 3.45. The Balaban J connectivity index is 2.15. The van der Waals surface area contributed by atoms with Crippen molar-refractivity contribution in [2.24, 2.45) is 0 Å². The van der Waals surface area contributed by atoms with E-state index in [-0.39, 0.29) is 5.97 Å². The maximum Gasteiger partial charge on any atom is 0.337 e. The summed E-state index contributed by atoms with van der Waals surface area (Å²) in [7, 11) is 1.44. The quantitative estimate of drug-likeness (QED) is 0.792. The van der Waals surface area contributed by atoms with E-state index in [0.29, 0.717) is 5.56 Å². The van der Waals surface area contributed by atoms with Gasteiger partial charge in [0.2, 0.25) is 0 Å². The molecule has 1 aliphatic rings. The first-order chi connectivity index (χ1) is 10.3. The van der Waals surface area contributed by atoms with E-state index >= 15 is 0 Å². The van der Waals surface area contributed by atoms with Crippen molar-refractivity contribution < 1.29 is 9.53 Å². The Labute approximate surface area is 125 Å². The average Bonchev–Trinajstić information content (AvgIpc) is 2.85. The lowest BCUT2D eigenvalue weighted by atomic mass is 9.95. The molecule has 0 bridgehead atoms. The predicted octanol–water partition coefficient (Wildman–Crippen LogP) is 4.11. The molecule has 0 radical (unpaired) electrons. The van der Waals surface area contributed by atoms with Crippen LogP contribution in [0.2, 0.25) is 0 Å². The van der Waals surface area contributed by atoms with Crippen LogP contribution in [0.25, 0.3) is 10.9 Å². The van der Waals surface area contributed by atoms with Crippen LogP contribution in [0.5, 0.6) is 0 Å². The van der Waals surface area contributed by atoms with Crippen LogP contribution in [-0.4, -0.2) is 17.6 Å². The average molecular weight is 285 g/mol. The van der Waals surface area contributed by atoms with E-state index in [1.54, 1.807) is 0 Å². The minimum absolute atomic E-state index is 0.247. The Morgan fingerprint density at radius 2 is 2.10 bits per heavy atom. The molecule has 112 valence electrons. The summed E-state index contributed by atoms with van der Waals surface area (Å²) in [5.74, 6) is -0.247. The highest BCUT2D eigenvalue weighted by Crippen LogP contribution is 2.33. The van der Waals surface area contributed by atoms with E-state index in [1.165, 1.54) is 61.4 Å². The Kier molecular flexibility index (Phi) is 4.00. The highest BCUT2D eigenvalue weighted by molar-refractivity contribution is 5.96. The van der Waals surface area contributed by atoms with Crippen molar-refractivity contribution in [3.8, 4) is 0 Å². The summed E-state index contributed by atoms with van der Waals surface area (Å²) in [6.45, 7) is 3.31. The van der Waals surface area contributed by atoms with Gasteiger partial charge in [-0.05, 0) is 55.9 Å². The maximum absolute atomic E-state index is 11.8. The van der Waals surface area contributed by atoms with Gasteiger partial charge in [-0.25, -0.2) is 4.79 Å². The minimum Gasteiger partial charge on any atom is -0.465 e. The fourth-order valence-corrected chi connectivity index (χ4v) is 3.45. The maximum atomic E-state index is 11.8. The molecule has 0 fully saturated rings. The van der Waals surface area contributed by atoms with E-state index < -0.39 is 0 Å². The Hall–Kier alpha value is -1.77. The second kappa shape index (κ2) is 5.92. The molecule has 1 aromatic heterocycles. The molecule has 0 N–H and O–H groups in total. The number of esters is 1. The van der Waals surface area contributed by atoms with Crippen LogP contribution in [0.15, 0.2) is 18.2 Å². The van der Waals surface area contributed by atoms with Crippen molar-refractivity contribution in [1.82, 2.24) is 4.57 Å².